The van der Waals surface area contributed by atoms with Gasteiger partial charge in [0.25, 0.3) is 5.56 Å². The smallest absolute Gasteiger partial charge is 0.332 e. The number of ether oxygens (including phenoxy) is 1. The van der Waals surface area contributed by atoms with Crippen molar-refractivity contribution < 1.29 is 9.53 Å². The Morgan fingerprint density at radius 3 is 2.36 bits per heavy atom. The highest BCUT2D eigenvalue weighted by Gasteiger charge is 2.15. The second-order valence-corrected chi connectivity index (χ2v) is 5.57. The fraction of sp³-hybridized carbons (Fsp3) is 0.211. The van der Waals surface area contributed by atoms with Gasteiger partial charge >= 0.3 is 11.7 Å². The van der Waals surface area contributed by atoms with E-state index in [2.05, 4.69) is 0 Å². The Kier molecular flexibility index (Phi) is 4.79. The van der Waals surface area contributed by atoms with Crippen LogP contribution >= 0.6 is 0 Å². The van der Waals surface area contributed by atoms with Crippen molar-refractivity contribution >= 4 is 16.9 Å². The topological polar surface area (TPSA) is 70.3 Å². The predicted octanol–water partition coefficient (Wildman–Crippen LogP) is 1.77. The maximum atomic E-state index is 12.9. The van der Waals surface area contributed by atoms with Gasteiger partial charge in [0, 0.05) is 0 Å². The zero-order valence-corrected chi connectivity index (χ0v) is 13.8. The SMILES string of the molecule is CCOC(=O)Cn1c(=O)n(Cc2ccccc2)c(=O)c2ccccc21. The van der Waals surface area contributed by atoms with Gasteiger partial charge < -0.3 is 4.74 Å². The molecule has 0 saturated carbocycles. The van der Waals surface area contributed by atoms with Gasteiger partial charge in [0.2, 0.25) is 0 Å². The highest BCUT2D eigenvalue weighted by atomic mass is 16.5. The first-order valence-electron chi connectivity index (χ1n) is 8.03. The van der Waals surface area contributed by atoms with Crippen LogP contribution in [0.15, 0.2) is 64.2 Å². The minimum atomic E-state index is -0.527. The number of benzene rings is 2. The maximum absolute atomic E-state index is 12.9. The van der Waals surface area contributed by atoms with E-state index in [1.54, 1.807) is 31.2 Å². The van der Waals surface area contributed by atoms with Crippen LogP contribution < -0.4 is 11.2 Å². The second-order valence-electron chi connectivity index (χ2n) is 5.57. The largest absolute Gasteiger partial charge is 0.465 e. The molecule has 1 aromatic heterocycles. The molecule has 0 radical (unpaired) electrons. The first-order chi connectivity index (χ1) is 12.1. The predicted molar refractivity (Wildman–Crippen MR) is 94.6 cm³/mol. The van der Waals surface area contributed by atoms with Gasteiger partial charge in [-0.1, -0.05) is 42.5 Å². The number of para-hydroxylation sites is 1. The monoisotopic (exact) mass is 338 g/mol. The van der Waals surface area contributed by atoms with Crippen LogP contribution in [-0.4, -0.2) is 21.7 Å². The van der Waals surface area contributed by atoms with E-state index in [-0.39, 0.29) is 25.3 Å². The molecule has 0 unspecified atom stereocenters. The number of carbonyl (C=O) groups excluding carboxylic acids is 1. The summed E-state index contributed by atoms with van der Waals surface area (Å²) in [4.78, 5) is 37.5. The molecule has 2 aromatic carbocycles. The van der Waals surface area contributed by atoms with Gasteiger partial charge in [0.15, 0.2) is 0 Å². The molecule has 3 aromatic rings. The van der Waals surface area contributed by atoms with Crippen LogP contribution in [0, 0.1) is 0 Å². The van der Waals surface area contributed by atoms with Crippen molar-refractivity contribution in [3.8, 4) is 0 Å². The van der Waals surface area contributed by atoms with E-state index in [1.165, 1.54) is 4.57 Å². The van der Waals surface area contributed by atoms with Crippen molar-refractivity contribution in [1.82, 2.24) is 9.13 Å². The van der Waals surface area contributed by atoms with Gasteiger partial charge in [-0.25, -0.2) is 4.79 Å². The zero-order chi connectivity index (χ0) is 17.8. The Morgan fingerprint density at radius 1 is 0.960 bits per heavy atom. The fourth-order valence-corrected chi connectivity index (χ4v) is 2.76. The molecule has 0 fully saturated rings. The summed E-state index contributed by atoms with van der Waals surface area (Å²) in [6.45, 7) is 1.85. The molecule has 6 nitrogen and oxygen atoms in total. The third-order valence-electron chi connectivity index (χ3n) is 3.91. The molecule has 0 saturated heterocycles. The van der Waals surface area contributed by atoms with Crippen molar-refractivity contribution in [2.45, 2.75) is 20.0 Å². The average molecular weight is 338 g/mol. The Hall–Kier alpha value is -3.15. The molecule has 25 heavy (non-hydrogen) atoms. The quantitative estimate of drug-likeness (QED) is 0.665. The molecule has 0 aliphatic heterocycles. The maximum Gasteiger partial charge on any atom is 0.332 e. The molecule has 1 heterocycles. The van der Waals surface area contributed by atoms with Crippen LogP contribution in [0.5, 0.6) is 0 Å². The Balaban J connectivity index is 2.19. The van der Waals surface area contributed by atoms with Crippen molar-refractivity contribution in [2.75, 3.05) is 6.61 Å². The lowest BCUT2D eigenvalue weighted by atomic mass is 10.2. The number of rotatable bonds is 5. The standard InChI is InChI=1S/C19H18N2O4/c1-2-25-17(22)13-20-16-11-7-6-10-15(16)18(23)21(19(20)24)12-14-8-4-3-5-9-14/h3-11H,2,12-13H2,1H3. The number of esters is 1. The highest BCUT2D eigenvalue weighted by Crippen LogP contribution is 2.08. The summed E-state index contributed by atoms with van der Waals surface area (Å²) in [5, 5.41) is 0.391. The van der Waals surface area contributed by atoms with Crippen molar-refractivity contribution in [2.24, 2.45) is 0 Å². The molecule has 0 spiro atoms. The average Bonchev–Trinajstić information content (AvgIpc) is 2.63. The van der Waals surface area contributed by atoms with Gasteiger partial charge in [-0.05, 0) is 24.6 Å². The summed E-state index contributed by atoms with van der Waals surface area (Å²) in [6, 6.07) is 16.0. The molecular weight excluding hydrogens is 320 g/mol. The third-order valence-corrected chi connectivity index (χ3v) is 3.91. The van der Waals surface area contributed by atoms with E-state index >= 15 is 0 Å². The van der Waals surface area contributed by atoms with E-state index in [0.29, 0.717) is 10.9 Å². The normalized spacial score (nSPS) is 10.8. The minimum absolute atomic E-state index is 0.145. The summed E-state index contributed by atoms with van der Waals surface area (Å²) < 4.78 is 7.39. The summed E-state index contributed by atoms with van der Waals surface area (Å²) in [6.07, 6.45) is 0. The van der Waals surface area contributed by atoms with Gasteiger partial charge in [-0.3, -0.25) is 18.7 Å². The zero-order valence-electron chi connectivity index (χ0n) is 13.8. The molecule has 6 heteroatoms. The first-order valence-corrected chi connectivity index (χ1v) is 8.03. The molecule has 0 amide bonds. The highest BCUT2D eigenvalue weighted by molar-refractivity contribution is 5.80. The molecular formula is C19H18N2O4. The Bertz CT molecular complexity index is 1020. The molecule has 0 N–H and O–H groups in total. The van der Waals surface area contributed by atoms with Crippen LogP contribution in [0.2, 0.25) is 0 Å². The van der Waals surface area contributed by atoms with Crippen LogP contribution in [-0.2, 0) is 22.6 Å². The van der Waals surface area contributed by atoms with Crippen LogP contribution in [0.1, 0.15) is 12.5 Å². The van der Waals surface area contributed by atoms with Crippen molar-refractivity contribution in [1.29, 1.82) is 0 Å². The summed E-state index contributed by atoms with van der Waals surface area (Å²) in [7, 11) is 0. The second kappa shape index (κ2) is 7.17. The number of nitrogens with zero attached hydrogens (tertiary/aromatic N) is 2. The number of hydrogen-bond acceptors (Lipinski definition) is 4. The molecule has 0 atom stereocenters. The fourth-order valence-electron chi connectivity index (χ4n) is 2.76. The van der Waals surface area contributed by atoms with Crippen LogP contribution in [0.3, 0.4) is 0 Å². The van der Waals surface area contributed by atoms with Crippen molar-refractivity contribution in [3.05, 3.63) is 81.0 Å². The molecule has 3 rings (SSSR count). The van der Waals surface area contributed by atoms with E-state index in [0.717, 1.165) is 10.1 Å². The number of fused-ring (bicyclic) bond motifs is 1. The Morgan fingerprint density at radius 2 is 1.64 bits per heavy atom. The first kappa shape index (κ1) is 16.7. The van der Waals surface area contributed by atoms with Gasteiger partial charge in [-0.2, -0.15) is 0 Å². The van der Waals surface area contributed by atoms with Crippen molar-refractivity contribution in [3.63, 3.8) is 0 Å². The van der Waals surface area contributed by atoms with E-state index in [1.807, 2.05) is 30.3 Å². The lowest BCUT2D eigenvalue weighted by Gasteiger charge is -2.13. The third kappa shape index (κ3) is 3.38. The van der Waals surface area contributed by atoms with Gasteiger partial charge in [0.1, 0.15) is 6.54 Å². The molecule has 128 valence electrons. The summed E-state index contributed by atoms with van der Waals surface area (Å²) in [5.41, 5.74) is 0.361. The minimum Gasteiger partial charge on any atom is -0.465 e. The number of aromatic nitrogens is 2. The Labute approximate surface area is 143 Å². The summed E-state index contributed by atoms with van der Waals surface area (Å²) >= 11 is 0. The van der Waals surface area contributed by atoms with E-state index in [9.17, 15) is 14.4 Å². The molecule has 0 aliphatic rings. The van der Waals surface area contributed by atoms with Gasteiger partial charge in [-0.15, -0.1) is 0 Å². The lowest BCUT2D eigenvalue weighted by Crippen LogP contribution is -2.41. The van der Waals surface area contributed by atoms with Crippen LogP contribution in [0.25, 0.3) is 10.9 Å². The summed E-state index contributed by atoms with van der Waals surface area (Å²) in [5.74, 6) is -0.514. The van der Waals surface area contributed by atoms with Gasteiger partial charge in [0.05, 0.1) is 24.1 Å². The van der Waals surface area contributed by atoms with E-state index in [4.69, 9.17) is 4.74 Å². The molecule has 0 aliphatic carbocycles. The van der Waals surface area contributed by atoms with E-state index < -0.39 is 11.7 Å². The molecule has 0 bridgehead atoms. The number of hydrogen-bond donors (Lipinski definition) is 0. The van der Waals surface area contributed by atoms with Crippen LogP contribution in [0.4, 0.5) is 0 Å². The number of carbonyl (C=O) groups is 1. The lowest BCUT2D eigenvalue weighted by molar-refractivity contribution is -0.143.